The second-order valence-corrected chi connectivity index (χ2v) is 6.11. The summed E-state index contributed by atoms with van der Waals surface area (Å²) in [5, 5.41) is 0. The molecular formula is C20H15BrN2O2. The summed E-state index contributed by atoms with van der Waals surface area (Å²) in [7, 11) is 0. The van der Waals surface area contributed by atoms with Crippen LogP contribution < -0.4 is 0 Å². The van der Waals surface area contributed by atoms with E-state index in [2.05, 4.69) is 25.8 Å². The number of esters is 1. The molecule has 0 unspecified atom stereocenters. The maximum atomic E-state index is 12.2. The van der Waals surface area contributed by atoms with Gasteiger partial charge in [-0.3, -0.25) is 0 Å². The first-order valence-corrected chi connectivity index (χ1v) is 8.57. The molecule has 0 saturated heterocycles. The van der Waals surface area contributed by atoms with E-state index < -0.39 is 5.97 Å². The maximum absolute atomic E-state index is 12.2. The van der Waals surface area contributed by atoms with Gasteiger partial charge in [-0.05, 0) is 39.5 Å². The molecule has 0 atom stereocenters. The number of nitrogens with one attached hydrogen (secondary N) is 1. The van der Waals surface area contributed by atoms with Crippen molar-refractivity contribution in [2.24, 2.45) is 0 Å². The van der Waals surface area contributed by atoms with Crippen molar-refractivity contribution < 1.29 is 9.53 Å². The Kier molecular flexibility index (Phi) is 5.01. The van der Waals surface area contributed by atoms with Crippen LogP contribution in [0.4, 0.5) is 5.69 Å². The summed E-state index contributed by atoms with van der Waals surface area (Å²) in [5.41, 5.74) is 4.18. The number of H-pyrrole nitrogens is 1. The van der Waals surface area contributed by atoms with Crippen molar-refractivity contribution in [3.8, 4) is 22.3 Å². The lowest BCUT2D eigenvalue weighted by atomic mass is 9.99. The molecule has 4 nitrogen and oxygen atoms in total. The number of carbonyl (C=O) groups excluding carboxylic acids is 1. The van der Waals surface area contributed by atoms with E-state index in [1.807, 2.05) is 54.6 Å². The van der Waals surface area contributed by atoms with E-state index in [4.69, 9.17) is 11.3 Å². The summed E-state index contributed by atoms with van der Waals surface area (Å²) in [4.78, 5) is 18.7. The molecule has 0 fully saturated rings. The lowest BCUT2D eigenvalue weighted by Gasteiger charge is -2.07. The summed E-state index contributed by atoms with van der Waals surface area (Å²) < 4.78 is 5.58. The van der Waals surface area contributed by atoms with Gasteiger partial charge < -0.3 is 9.72 Å². The molecule has 0 amide bonds. The third-order valence-electron chi connectivity index (χ3n) is 3.80. The molecule has 1 aromatic heterocycles. The molecule has 0 aliphatic carbocycles. The standard InChI is InChI=1S/C20H15BrN2O2/c1-3-25-20(24)18-16(17(22-2)19(21)23-18)15-11-9-14(10-12-15)13-7-5-4-6-8-13/h4-12,23H,3H2,1H3. The molecule has 3 rings (SSSR count). The first-order valence-electron chi connectivity index (χ1n) is 7.77. The van der Waals surface area contributed by atoms with Crippen LogP contribution in [0.3, 0.4) is 0 Å². The molecule has 0 spiro atoms. The highest BCUT2D eigenvalue weighted by atomic mass is 79.9. The quantitative estimate of drug-likeness (QED) is 0.446. The van der Waals surface area contributed by atoms with E-state index in [9.17, 15) is 4.79 Å². The molecule has 3 aromatic rings. The first-order chi connectivity index (χ1) is 12.2. The monoisotopic (exact) mass is 394 g/mol. The minimum Gasteiger partial charge on any atom is -0.461 e. The van der Waals surface area contributed by atoms with Crippen LogP contribution in [0.5, 0.6) is 0 Å². The van der Waals surface area contributed by atoms with Gasteiger partial charge >= 0.3 is 5.97 Å². The Hall–Kier alpha value is -2.84. The van der Waals surface area contributed by atoms with Gasteiger partial charge in [-0.15, -0.1) is 0 Å². The summed E-state index contributed by atoms with van der Waals surface area (Å²) in [6.45, 7) is 9.45. The van der Waals surface area contributed by atoms with E-state index in [0.29, 0.717) is 15.9 Å². The van der Waals surface area contributed by atoms with Gasteiger partial charge in [0.1, 0.15) is 5.69 Å². The van der Waals surface area contributed by atoms with Gasteiger partial charge in [0.05, 0.1) is 17.8 Å². The Labute approximate surface area is 154 Å². The molecule has 5 heteroatoms. The van der Waals surface area contributed by atoms with Crippen molar-refractivity contribution in [2.75, 3.05) is 6.61 Å². The van der Waals surface area contributed by atoms with E-state index in [1.165, 1.54) is 0 Å². The van der Waals surface area contributed by atoms with E-state index >= 15 is 0 Å². The van der Waals surface area contributed by atoms with Gasteiger partial charge in [-0.25, -0.2) is 9.64 Å². The smallest absolute Gasteiger partial charge is 0.354 e. The molecule has 0 saturated carbocycles. The fraction of sp³-hybridized carbons (Fsp3) is 0.100. The number of benzene rings is 2. The van der Waals surface area contributed by atoms with Crippen LogP contribution in [0, 0.1) is 6.57 Å². The van der Waals surface area contributed by atoms with Gasteiger partial charge in [0.15, 0.2) is 0 Å². The minimum absolute atomic E-state index is 0.273. The number of aromatic amines is 1. The van der Waals surface area contributed by atoms with Crippen LogP contribution in [0.15, 0.2) is 59.2 Å². The number of hydrogen-bond donors (Lipinski definition) is 1. The van der Waals surface area contributed by atoms with Crippen LogP contribution in [-0.2, 0) is 4.74 Å². The van der Waals surface area contributed by atoms with Crippen LogP contribution in [0.2, 0.25) is 0 Å². The molecule has 2 aromatic carbocycles. The second kappa shape index (κ2) is 7.37. The second-order valence-electron chi connectivity index (χ2n) is 5.31. The molecule has 0 radical (unpaired) electrons. The maximum Gasteiger partial charge on any atom is 0.354 e. The van der Waals surface area contributed by atoms with Gasteiger partial charge in [-0.2, -0.15) is 0 Å². The Morgan fingerprint density at radius 3 is 2.28 bits per heavy atom. The minimum atomic E-state index is -0.472. The average molecular weight is 395 g/mol. The zero-order chi connectivity index (χ0) is 17.8. The lowest BCUT2D eigenvalue weighted by Crippen LogP contribution is -2.06. The number of ether oxygens (including phenoxy) is 1. The molecule has 25 heavy (non-hydrogen) atoms. The number of aromatic nitrogens is 1. The van der Waals surface area contributed by atoms with Crippen LogP contribution >= 0.6 is 15.9 Å². The molecule has 124 valence electrons. The first kappa shape index (κ1) is 17.0. The Morgan fingerprint density at radius 1 is 1.08 bits per heavy atom. The fourth-order valence-corrected chi connectivity index (χ4v) is 3.15. The number of carbonyl (C=O) groups is 1. The van der Waals surface area contributed by atoms with Gasteiger partial charge in [0.25, 0.3) is 0 Å². The molecule has 0 aliphatic rings. The highest BCUT2D eigenvalue weighted by Crippen LogP contribution is 2.40. The largest absolute Gasteiger partial charge is 0.461 e. The number of halogens is 1. The van der Waals surface area contributed by atoms with Crippen molar-refractivity contribution in [2.45, 2.75) is 6.92 Å². The number of rotatable bonds is 4. The Morgan fingerprint density at radius 2 is 1.68 bits per heavy atom. The molecule has 0 bridgehead atoms. The summed E-state index contributed by atoms with van der Waals surface area (Å²) >= 11 is 3.32. The summed E-state index contributed by atoms with van der Waals surface area (Å²) in [6.07, 6.45) is 0. The Bertz CT molecular complexity index is 938. The zero-order valence-electron chi connectivity index (χ0n) is 13.5. The van der Waals surface area contributed by atoms with E-state index in [-0.39, 0.29) is 12.3 Å². The third kappa shape index (κ3) is 3.35. The summed E-state index contributed by atoms with van der Waals surface area (Å²) in [5.74, 6) is -0.472. The van der Waals surface area contributed by atoms with Crippen LogP contribution in [0.25, 0.3) is 27.1 Å². The predicted octanol–water partition coefficient (Wildman–Crippen LogP) is 5.84. The van der Waals surface area contributed by atoms with Crippen molar-refractivity contribution in [1.82, 2.24) is 4.98 Å². The van der Waals surface area contributed by atoms with E-state index in [0.717, 1.165) is 16.7 Å². The van der Waals surface area contributed by atoms with Gasteiger partial charge in [-0.1, -0.05) is 54.6 Å². The van der Waals surface area contributed by atoms with Gasteiger partial charge in [0, 0.05) is 5.56 Å². The summed E-state index contributed by atoms with van der Waals surface area (Å²) in [6, 6.07) is 17.8. The van der Waals surface area contributed by atoms with Gasteiger partial charge in [0.2, 0.25) is 5.69 Å². The van der Waals surface area contributed by atoms with E-state index in [1.54, 1.807) is 6.92 Å². The molecule has 1 heterocycles. The third-order valence-corrected chi connectivity index (χ3v) is 4.38. The molecular weight excluding hydrogens is 380 g/mol. The zero-order valence-corrected chi connectivity index (χ0v) is 15.1. The highest BCUT2D eigenvalue weighted by molar-refractivity contribution is 9.10. The molecule has 0 aliphatic heterocycles. The van der Waals surface area contributed by atoms with Crippen molar-refractivity contribution in [3.05, 3.63) is 76.3 Å². The van der Waals surface area contributed by atoms with Crippen molar-refractivity contribution >= 4 is 27.6 Å². The van der Waals surface area contributed by atoms with Crippen LogP contribution in [-0.4, -0.2) is 17.6 Å². The highest BCUT2D eigenvalue weighted by Gasteiger charge is 2.23. The molecule has 1 N–H and O–H groups in total. The normalized spacial score (nSPS) is 10.3. The number of nitrogens with zero attached hydrogens (tertiary/aromatic N) is 1. The van der Waals surface area contributed by atoms with Crippen molar-refractivity contribution in [1.29, 1.82) is 0 Å². The van der Waals surface area contributed by atoms with Crippen LogP contribution in [0.1, 0.15) is 17.4 Å². The predicted molar refractivity (Wildman–Crippen MR) is 102 cm³/mol. The number of hydrogen-bond acceptors (Lipinski definition) is 2. The fourth-order valence-electron chi connectivity index (χ4n) is 2.66. The SMILES string of the molecule is [C-]#[N+]c1c(Br)[nH]c(C(=O)OCC)c1-c1ccc(-c2ccccc2)cc1. The lowest BCUT2D eigenvalue weighted by molar-refractivity contribution is 0.0521. The average Bonchev–Trinajstić information content (AvgIpc) is 2.99. The topological polar surface area (TPSA) is 46.5 Å². The van der Waals surface area contributed by atoms with Crippen molar-refractivity contribution in [3.63, 3.8) is 0 Å². The Balaban J connectivity index is 2.07.